The first kappa shape index (κ1) is 21.3. The van der Waals surface area contributed by atoms with Crippen molar-refractivity contribution in [3.8, 4) is 0 Å². The number of unbranched alkanes of at least 4 members (excludes halogenated alkanes) is 6. The van der Waals surface area contributed by atoms with E-state index in [0.29, 0.717) is 0 Å². The molecule has 2 aromatic rings. The number of hydrogen-bond acceptors (Lipinski definition) is 4. The van der Waals surface area contributed by atoms with Crippen LogP contribution < -0.4 is 0 Å². The summed E-state index contributed by atoms with van der Waals surface area (Å²) in [4.78, 5) is 8.26. The molecule has 0 bridgehead atoms. The quantitative estimate of drug-likeness (QED) is 0.434. The van der Waals surface area contributed by atoms with Crippen molar-refractivity contribution < 1.29 is 17.4 Å². The molecule has 0 atom stereocenters. The van der Waals surface area contributed by atoms with E-state index in [9.17, 15) is 8.42 Å². The topological polar surface area (TPSA) is 60.4 Å². The second-order valence-corrected chi connectivity index (χ2v) is 7.46. The Morgan fingerprint density at radius 2 is 1.44 bits per heavy atom. The monoisotopic (exact) mass is 364 g/mol. The molecule has 0 N–H and O–H groups in total. The van der Waals surface area contributed by atoms with Crippen molar-refractivity contribution in [3.63, 3.8) is 0 Å². The summed E-state index contributed by atoms with van der Waals surface area (Å²) in [6.45, 7) is 4.46. The van der Waals surface area contributed by atoms with Gasteiger partial charge in [0.2, 0.25) is 0 Å². The Bertz CT molecular complexity index is 720. The molecule has 0 amide bonds. The number of rotatable bonds is 10. The Balaban J connectivity index is 0.00000151. The van der Waals surface area contributed by atoms with E-state index in [1.807, 2.05) is 37.1 Å². The average Bonchev–Trinajstić information content (AvgIpc) is 2.65. The van der Waals surface area contributed by atoms with E-state index >= 15 is 0 Å². The summed E-state index contributed by atoms with van der Waals surface area (Å²) in [6, 6.07) is 12.7. The highest BCUT2D eigenvalue weighted by molar-refractivity contribution is 7.87. The van der Waals surface area contributed by atoms with Gasteiger partial charge in [-0.1, -0.05) is 81.8 Å². The van der Waals surface area contributed by atoms with Crippen molar-refractivity contribution in [3.05, 3.63) is 42.5 Å². The number of benzene rings is 2. The third kappa shape index (κ3) is 6.96. The molecule has 138 valence electrons. The smallest absolute Gasteiger partial charge is 0.297 e. The van der Waals surface area contributed by atoms with Crippen LogP contribution in [-0.2, 0) is 19.1 Å². The molecule has 2 rings (SSSR count). The van der Waals surface area contributed by atoms with Gasteiger partial charge in [-0.2, -0.15) is 8.42 Å². The SMILES string of the molecule is C=O.CCCCCCCCCOS(=O)(=O)c1cccc2ccccc12. The summed E-state index contributed by atoms with van der Waals surface area (Å²) in [6.07, 6.45) is 7.98. The van der Waals surface area contributed by atoms with Gasteiger partial charge in [-0.15, -0.1) is 0 Å². The minimum Gasteiger partial charge on any atom is -0.307 e. The Kier molecular flexibility index (Phi) is 10.0. The zero-order valence-electron chi connectivity index (χ0n) is 14.9. The molecule has 4 nitrogen and oxygen atoms in total. The standard InChI is InChI=1S/C19H26O3S.CH2O/c1-2-3-4-5-6-7-10-16-22-23(20,21)19-15-11-13-17-12-8-9-14-18(17)19;1-2/h8-9,11-15H,2-7,10,16H2,1H3;1H2. The molecule has 25 heavy (non-hydrogen) atoms. The van der Waals surface area contributed by atoms with Crippen LogP contribution in [0.5, 0.6) is 0 Å². The van der Waals surface area contributed by atoms with Crippen LogP contribution in [0.3, 0.4) is 0 Å². The zero-order valence-corrected chi connectivity index (χ0v) is 15.8. The van der Waals surface area contributed by atoms with Gasteiger partial charge in [0.15, 0.2) is 0 Å². The van der Waals surface area contributed by atoms with Gasteiger partial charge in [-0.3, -0.25) is 4.18 Å². The van der Waals surface area contributed by atoms with Gasteiger partial charge in [0, 0.05) is 5.39 Å². The van der Waals surface area contributed by atoms with Crippen LogP contribution in [0, 0.1) is 0 Å². The van der Waals surface area contributed by atoms with Crippen molar-refractivity contribution in [1.82, 2.24) is 0 Å². The Morgan fingerprint density at radius 1 is 0.840 bits per heavy atom. The fourth-order valence-electron chi connectivity index (χ4n) is 2.70. The summed E-state index contributed by atoms with van der Waals surface area (Å²) >= 11 is 0. The first-order valence-electron chi connectivity index (χ1n) is 8.81. The molecule has 0 unspecified atom stereocenters. The molecule has 0 aliphatic rings. The molecule has 0 saturated heterocycles. The van der Waals surface area contributed by atoms with E-state index < -0.39 is 10.1 Å². The van der Waals surface area contributed by atoms with Crippen molar-refractivity contribution >= 4 is 27.7 Å². The Morgan fingerprint density at radius 3 is 2.16 bits per heavy atom. The van der Waals surface area contributed by atoms with Crippen molar-refractivity contribution in [2.24, 2.45) is 0 Å². The number of carbonyl (C=O) groups is 1. The average molecular weight is 365 g/mol. The highest BCUT2D eigenvalue weighted by atomic mass is 32.2. The fourth-order valence-corrected chi connectivity index (χ4v) is 3.87. The van der Waals surface area contributed by atoms with E-state index in [0.717, 1.165) is 30.0 Å². The van der Waals surface area contributed by atoms with E-state index in [2.05, 4.69) is 6.92 Å². The zero-order chi connectivity index (χ0) is 18.5. The molecule has 0 heterocycles. The molecule has 0 aromatic heterocycles. The molecule has 0 radical (unpaired) electrons. The maximum atomic E-state index is 12.4. The van der Waals surface area contributed by atoms with E-state index in [4.69, 9.17) is 8.98 Å². The third-order valence-electron chi connectivity index (χ3n) is 4.01. The number of fused-ring (bicyclic) bond motifs is 1. The van der Waals surface area contributed by atoms with Gasteiger partial charge >= 0.3 is 0 Å². The molecule has 5 heteroatoms. The summed E-state index contributed by atoms with van der Waals surface area (Å²) in [7, 11) is -3.69. The first-order chi connectivity index (χ1) is 12.1. The molecular weight excluding hydrogens is 336 g/mol. The van der Waals surface area contributed by atoms with Crippen LogP contribution in [-0.4, -0.2) is 21.8 Å². The van der Waals surface area contributed by atoms with Crippen LogP contribution in [0.2, 0.25) is 0 Å². The van der Waals surface area contributed by atoms with E-state index in [-0.39, 0.29) is 11.5 Å². The van der Waals surface area contributed by atoms with Crippen LogP contribution in [0.25, 0.3) is 10.8 Å². The lowest BCUT2D eigenvalue weighted by atomic mass is 10.1. The summed E-state index contributed by atoms with van der Waals surface area (Å²) < 4.78 is 30.0. The second kappa shape index (κ2) is 11.8. The third-order valence-corrected chi connectivity index (χ3v) is 5.38. The highest BCUT2D eigenvalue weighted by Crippen LogP contribution is 2.24. The van der Waals surface area contributed by atoms with Gasteiger partial charge in [0.05, 0.1) is 6.61 Å². The van der Waals surface area contributed by atoms with E-state index in [1.165, 1.54) is 25.7 Å². The van der Waals surface area contributed by atoms with Crippen molar-refractivity contribution in [2.75, 3.05) is 6.61 Å². The fraction of sp³-hybridized carbons (Fsp3) is 0.450. The number of hydrogen-bond donors (Lipinski definition) is 0. The predicted octanol–water partition coefficient (Wildman–Crippen LogP) is 5.11. The lowest BCUT2D eigenvalue weighted by molar-refractivity contribution is -0.0979. The summed E-state index contributed by atoms with van der Waals surface area (Å²) in [5.41, 5.74) is 0. The summed E-state index contributed by atoms with van der Waals surface area (Å²) in [5, 5.41) is 1.63. The van der Waals surface area contributed by atoms with Crippen LogP contribution in [0.1, 0.15) is 51.9 Å². The molecule has 2 aromatic carbocycles. The minimum absolute atomic E-state index is 0.263. The van der Waals surface area contributed by atoms with Gasteiger partial charge in [0.1, 0.15) is 11.7 Å². The predicted molar refractivity (Wildman–Crippen MR) is 102 cm³/mol. The van der Waals surface area contributed by atoms with Gasteiger partial charge in [0.25, 0.3) is 10.1 Å². The van der Waals surface area contributed by atoms with Crippen LogP contribution in [0.15, 0.2) is 47.4 Å². The van der Waals surface area contributed by atoms with Crippen LogP contribution >= 0.6 is 0 Å². The molecular formula is C20H28O4S. The summed E-state index contributed by atoms with van der Waals surface area (Å²) in [5.74, 6) is 0. The molecule has 0 saturated carbocycles. The first-order valence-corrected chi connectivity index (χ1v) is 10.2. The molecule has 0 fully saturated rings. The van der Waals surface area contributed by atoms with E-state index in [1.54, 1.807) is 12.1 Å². The van der Waals surface area contributed by atoms with Gasteiger partial charge in [-0.05, 0) is 17.9 Å². The second-order valence-electron chi connectivity index (χ2n) is 5.87. The Hall–Kier alpha value is -1.72. The molecule has 0 spiro atoms. The minimum atomic E-state index is -3.69. The van der Waals surface area contributed by atoms with Crippen molar-refractivity contribution in [2.45, 2.75) is 56.8 Å². The van der Waals surface area contributed by atoms with Crippen molar-refractivity contribution in [1.29, 1.82) is 0 Å². The van der Waals surface area contributed by atoms with Gasteiger partial charge in [-0.25, -0.2) is 0 Å². The Labute approximate surface area is 151 Å². The molecule has 0 aliphatic heterocycles. The van der Waals surface area contributed by atoms with Gasteiger partial charge < -0.3 is 4.79 Å². The molecule has 0 aliphatic carbocycles. The maximum Gasteiger partial charge on any atom is 0.297 e. The maximum absolute atomic E-state index is 12.4. The number of carbonyl (C=O) groups excluding carboxylic acids is 1. The lowest BCUT2D eigenvalue weighted by Gasteiger charge is -2.08. The highest BCUT2D eigenvalue weighted by Gasteiger charge is 2.17. The normalized spacial score (nSPS) is 11.1. The largest absolute Gasteiger partial charge is 0.307 e. The van der Waals surface area contributed by atoms with Crippen LogP contribution in [0.4, 0.5) is 0 Å². The lowest BCUT2D eigenvalue weighted by Crippen LogP contribution is -2.08.